The smallest absolute Gasteiger partial charge is 0.407 e. The van der Waals surface area contributed by atoms with Crippen molar-refractivity contribution in [2.75, 3.05) is 20.3 Å². The van der Waals surface area contributed by atoms with Gasteiger partial charge in [0.25, 0.3) is 5.91 Å². The van der Waals surface area contributed by atoms with Gasteiger partial charge in [-0.1, -0.05) is 60.4 Å². The van der Waals surface area contributed by atoms with Gasteiger partial charge in [0.05, 0.1) is 12.7 Å². The minimum Gasteiger partial charge on any atom is -0.497 e. The maximum Gasteiger partial charge on any atom is 0.407 e. The van der Waals surface area contributed by atoms with Crippen LogP contribution in [0.5, 0.6) is 5.75 Å². The van der Waals surface area contributed by atoms with Gasteiger partial charge in [0, 0.05) is 24.4 Å². The minimum absolute atomic E-state index is 0.0140. The monoisotopic (exact) mass is 455 g/mol. The van der Waals surface area contributed by atoms with Gasteiger partial charge in [0.15, 0.2) is 0 Å². The predicted octanol–water partition coefficient (Wildman–Crippen LogP) is 3.58. The molecule has 1 aliphatic rings. The van der Waals surface area contributed by atoms with E-state index in [1.165, 1.54) is 29.4 Å². The molecule has 0 radical (unpaired) electrons. The molecule has 4 rings (SSSR count). The van der Waals surface area contributed by atoms with E-state index >= 15 is 0 Å². The Morgan fingerprint density at radius 1 is 1.00 bits per heavy atom. The molecule has 0 aliphatic heterocycles. The second-order valence-corrected chi connectivity index (χ2v) is 7.69. The van der Waals surface area contributed by atoms with Crippen molar-refractivity contribution in [2.45, 2.75) is 12.3 Å². The molecule has 34 heavy (non-hydrogen) atoms. The largest absolute Gasteiger partial charge is 0.497 e. The molecule has 3 aromatic rings. The third-order valence-electron chi connectivity index (χ3n) is 5.69. The lowest BCUT2D eigenvalue weighted by atomic mass is 9.98. The third kappa shape index (κ3) is 4.87. The number of benzene rings is 3. The van der Waals surface area contributed by atoms with Crippen molar-refractivity contribution in [3.05, 3.63) is 89.0 Å². The Morgan fingerprint density at radius 2 is 1.68 bits per heavy atom. The number of hydrogen-bond acceptors (Lipinski definition) is 5. The Bertz CT molecular complexity index is 1230. The second kappa shape index (κ2) is 10.6. The summed E-state index contributed by atoms with van der Waals surface area (Å²) in [7, 11) is 1.51. The van der Waals surface area contributed by atoms with Crippen LogP contribution in [-0.2, 0) is 4.74 Å². The van der Waals surface area contributed by atoms with Crippen LogP contribution in [0, 0.1) is 11.8 Å². The Labute approximate surface area is 198 Å². The molecule has 1 aliphatic carbocycles. The first-order valence-corrected chi connectivity index (χ1v) is 10.9. The number of nitrogens with one attached hydrogen (secondary N) is 2. The lowest BCUT2D eigenvalue weighted by Gasteiger charge is -2.14. The SMILES string of the molecule is COc1ccc(C#CCCNC(=O)OCC2c3ccccc3-c3ccccc32)c(C(=O)NN)c1. The van der Waals surface area contributed by atoms with E-state index in [9.17, 15) is 9.59 Å². The molecule has 0 bridgehead atoms. The fourth-order valence-electron chi connectivity index (χ4n) is 4.06. The highest BCUT2D eigenvalue weighted by Gasteiger charge is 2.28. The Balaban J connectivity index is 1.31. The van der Waals surface area contributed by atoms with Crippen molar-refractivity contribution in [3.63, 3.8) is 0 Å². The minimum atomic E-state index is -0.490. The summed E-state index contributed by atoms with van der Waals surface area (Å²) in [6, 6.07) is 21.4. The number of ether oxygens (including phenoxy) is 2. The summed E-state index contributed by atoms with van der Waals surface area (Å²) in [6.07, 6.45) is -0.101. The van der Waals surface area contributed by atoms with Gasteiger partial charge in [0.2, 0.25) is 0 Å². The number of rotatable bonds is 6. The highest BCUT2D eigenvalue weighted by atomic mass is 16.5. The zero-order chi connectivity index (χ0) is 23.9. The molecule has 7 nitrogen and oxygen atoms in total. The summed E-state index contributed by atoms with van der Waals surface area (Å²) in [4.78, 5) is 24.2. The molecule has 0 atom stereocenters. The fourth-order valence-corrected chi connectivity index (χ4v) is 4.06. The van der Waals surface area contributed by atoms with Gasteiger partial charge in [-0.15, -0.1) is 0 Å². The average molecular weight is 456 g/mol. The van der Waals surface area contributed by atoms with E-state index < -0.39 is 12.0 Å². The number of nitrogens with two attached hydrogens (primary N) is 1. The summed E-state index contributed by atoms with van der Waals surface area (Å²) in [5.74, 6) is 11.2. The maximum absolute atomic E-state index is 12.2. The molecule has 2 amide bonds. The number of methoxy groups -OCH3 is 1. The molecule has 4 N–H and O–H groups in total. The molecule has 3 aromatic carbocycles. The van der Waals surface area contributed by atoms with Gasteiger partial charge >= 0.3 is 6.09 Å². The van der Waals surface area contributed by atoms with Crippen LogP contribution in [-0.4, -0.2) is 32.3 Å². The third-order valence-corrected chi connectivity index (χ3v) is 5.69. The van der Waals surface area contributed by atoms with Crippen LogP contribution in [0.25, 0.3) is 11.1 Å². The number of nitrogen functional groups attached to an aromatic ring is 1. The lowest BCUT2D eigenvalue weighted by Crippen LogP contribution is -2.30. The van der Waals surface area contributed by atoms with Crippen LogP contribution in [0.3, 0.4) is 0 Å². The summed E-state index contributed by atoms with van der Waals surface area (Å²) in [5, 5.41) is 2.72. The van der Waals surface area contributed by atoms with E-state index in [2.05, 4.69) is 46.8 Å². The van der Waals surface area contributed by atoms with Crippen molar-refractivity contribution in [1.29, 1.82) is 0 Å². The summed E-state index contributed by atoms with van der Waals surface area (Å²) >= 11 is 0. The number of fused-ring (bicyclic) bond motifs is 3. The Hall–Kier alpha value is -4.28. The van der Waals surface area contributed by atoms with Crippen LogP contribution >= 0.6 is 0 Å². The van der Waals surface area contributed by atoms with Gasteiger partial charge in [-0.05, 0) is 40.5 Å². The van der Waals surface area contributed by atoms with Crippen LogP contribution in [0.1, 0.15) is 39.4 Å². The van der Waals surface area contributed by atoms with E-state index in [0.29, 0.717) is 29.8 Å². The Morgan fingerprint density at radius 3 is 2.32 bits per heavy atom. The van der Waals surface area contributed by atoms with Gasteiger partial charge in [0.1, 0.15) is 12.4 Å². The zero-order valence-corrected chi connectivity index (χ0v) is 18.8. The average Bonchev–Trinajstić information content (AvgIpc) is 3.20. The number of alkyl carbamates (subject to hydrolysis) is 1. The molecule has 0 spiro atoms. The van der Waals surface area contributed by atoms with Crippen LogP contribution in [0.15, 0.2) is 66.7 Å². The molecular formula is C27H25N3O4. The van der Waals surface area contributed by atoms with E-state index in [1.807, 2.05) is 24.3 Å². The molecule has 172 valence electrons. The van der Waals surface area contributed by atoms with E-state index in [-0.39, 0.29) is 12.5 Å². The topological polar surface area (TPSA) is 103 Å². The van der Waals surface area contributed by atoms with E-state index in [0.717, 1.165) is 0 Å². The van der Waals surface area contributed by atoms with Crippen molar-refractivity contribution in [2.24, 2.45) is 5.84 Å². The first kappa shape index (κ1) is 22.9. The number of amides is 2. The van der Waals surface area contributed by atoms with Gasteiger partial charge in [-0.2, -0.15) is 0 Å². The lowest BCUT2D eigenvalue weighted by molar-refractivity contribution is 0.0953. The number of hydrazine groups is 1. The molecule has 0 heterocycles. The van der Waals surface area contributed by atoms with Crippen LogP contribution < -0.4 is 21.3 Å². The molecule has 0 aromatic heterocycles. The quantitative estimate of drug-likeness (QED) is 0.173. The van der Waals surface area contributed by atoms with Crippen molar-refractivity contribution in [1.82, 2.24) is 10.7 Å². The molecule has 0 unspecified atom stereocenters. The zero-order valence-electron chi connectivity index (χ0n) is 18.8. The van der Waals surface area contributed by atoms with Crippen LogP contribution in [0.4, 0.5) is 4.79 Å². The number of hydrogen-bond donors (Lipinski definition) is 3. The molecule has 7 heteroatoms. The van der Waals surface area contributed by atoms with Gasteiger partial charge < -0.3 is 14.8 Å². The standard InChI is InChI=1S/C27H25N3O4/c1-33-19-14-13-18(24(16-19)26(31)30-28)8-6-7-15-29-27(32)34-17-25-22-11-4-2-9-20(22)21-10-3-5-12-23(21)25/h2-5,9-14,16,25H,7,15,17,28H2,1H3,(H,29,32)(H,30,31). The van der Waals surface area contributed by atoms with Crippen molar-refractivity contribution >= 4 is 12.0 Å². The number of carbonyl (C=O) groups excluding carboxylic acids is 2. The summed E-state index contributed by atoms with van der Waals surface area (Å²) in [6.45, 7) is 0.577. The van der Waals surface area contributed by atoms with Gasteiger partial charge in [-0.25, -0.2) is 10.6 Å². The first-order valence-electron chi connectivity index (χ1n) is 10.9. The van der Waals surface area contributed by atoms with Crippen LogP contribution in [0.2, 0.25) is 0 Å². The highest BCUT2D eigenvalue weighted by Crippen LogP contribution is 2.44. The van der Waals surface area contributed by atoms with E-state index in [1.54, 1.807) is 18.2 Å². The van der Waals surface area contributed by atoms with Crippen molar-refractivity contribution < 1.29 is 19.1 Å². The molecule has 0 saturated carbocycles. The summed E-state index contributed by atoms with van der Waals surface area (Å²) < 4.78 is 10.7. The predicted molar refractivity (Wildman–Crippen MR) is 129 cm³/mol. The normalized spacial score (nSPS) is 11.5. The first-order chi connectivity index (χ1) is 16.6. The second-order valence-electron chi connectivity index (χ2n) is 7.69. The molecular weight excluding hydrogens is 430 g/mol. The fraction of sp³-hybridized carbons (Fsp3) is 0.185. The highest BCUT2D eigenvalue weighted by molar-refractivity contribution is 5.96. The van der Waals surface area contributed by atoms with Crippen molar-refractivity contribution in [3.8, 4) is 28.7 Å². The van der Waals surface area contributed by atoms with Gasteiger partial charge in [-0.3, -0.25) is 10.2 Å². The maximum atomic E-state index is 12.2. The van der Waals surface area contributed by atoms with E-state index in [4.69, 9.17) is 15.3 Å². The molecule has 0 saturated heterocycles. The summed E-state index contributed by atoms with van der Waals surface area (Å²) in [5.41, 5.74) is 7.64. The Kier molecular flexibility index (Phi) is 7.11. The number of carbonyl (C=O) groups is 2. The molecule has 0 fully saturated rings.